The lowest BCUT2D eigenvalue weighted by Gasteiger charge is -2.26. The van der Waals surface area contributed by atoms with Crippen molar-refractivity contribution in [3.8, 4) is 0 Å². The first-order chi connectivity index (χ1) is 14.2. The van der Waals surface area contributed by atoms with Crippen LogP contribution in [0.5, 0.6) is 0 Å². The summed E-state index contributed by atoms with van der Waals surface area (Å²) < 4.78 is 12.1. The molecule has 0 saturated carbocycles. The first kappa shape index (κ1) is 21.3. The van der Waals surface area contributed by atoms with Gasteiger partial charge in [-0.3, -0.25) is 0 Å². The molecule has 3 aromatic rings. The maximum absolute atomic E-state index is 6.07. The molecule has 29 heavy (non-hydrogen) atoms. The van der Waals surface area contributed by atoms with E-state index in [2.05, 4.69) is 98.5 Å². The third-order valence-electron chi connectivity index (χ3n) is 4.68. The quantitative estimate of drug-likeness (QED) is 0.401. The van der Waals surface area contributed by atoms with Crippen LogP contribution in [0.3, 0.4) is 0 Å². The summed E-state index contributed by atoms with van der Waals surface area (Å²) in [6.07, 6.45) is 2.01. The molecule has 3 aromatic carbocycles. The van der Waals surface area contributed by atoms with E-state index in [9.17, 15) is 0 Å². The molecule has 0 N–H and O–H groups in total. The van der Waals surface area contributed by atoms with Crippen LogP contribution in [0.15, 0.2) is 78.9 Å². The maximum atomic E-state index is 6.07. The van der Waals surface area contributed by atoms with E-state index < -0.39 is 9.28 Å². The molecular formula is C25H31NO2Si. The van der Waals surface area contributed by atoms with Crippen LogP contribution in [0.25, 0.3) is 0 Å². The Balaban J connectivity index is 1.91. The molecule has 0 aliphatic carbocycles. The Labute approximate surface area is 176 Å². The summed E-state index contributed by atoms with van der Waals surface area (Å²) in [7, 11) is -1.85. The van der Waals surface area contributed by atoms with Crippen molar-refractivity contribution in [3.05, 3.63) is 84.4 Å². The van der Waals surface area contributed by atoms with Crippen molar-refractivity contribution >= 4 is 31.5 Å². The smallest absolute Gasteiger partial charge is 0.355 e. The molecule has 0 fully saturated rings. The van der Waals surface area contributed by atoms with Crippen molar-refractivity contribution < 1.29 is 8.85 Å². The summed E-state index contributed by atoms with van der Waals surface area (Å²) in [5, 5.41) is 1.19. The topological polar surface area (TPSA) is 21.7 Å². The molecule has 0 atom stereocenters. The fraction of sp³-hybridized carbons (Fsp3) is 0.280. The molecule has 0 amide bonds. The van der Waals surface area contributed by atoms with Crippen molar-refractivity contribution in [2.24, 2.45) is 0 Å². The average molecular weight is 406 g/mol. The highest BCUT2D eigenvalue weighted by Gasteiger charge is 2.18. The van der Waals surface area contributed by atoms with Gasteiger partial charge in [-0.1, -0.05) is 61.9 Å². The van der Waals surface area contributed by atoms with Gasteiger partial charge in [-0.05, 0) is 61.4 Å². The Bertz CT molecular complexity index is 842. The molecule has 0 aliphatic rings. The van der Waals surface area contributed by atoms with E-state index in [4.69, 9.17) is 8.85 Å². The fourth-order valence-corrected chi connectivity index (χ4v) is 5.08. The van der Waals surface area contributed by atoms with Gasteiger partial charge in [0.25, 0.3) is 0 Å². The highest BCUT2D eigenvalue weighted by atomic mass is 28.3. The van der Waals surface area contributed by atoms with Gasteiger partial charge in [-0.25, -0.2) is 0 Å². The molecule has 3 nitrogen and oxygen atoms in total. The highest BCUT2D eigenvalue weighted by molar-refractivity contribution is 6.61. The lowest BCUT2D eigenvalue weighted by molar-refractivity contribution is 0.207. The summed E-state index contributed by atoms with van der Waals surface area (Å²) in [5.41, 5.74) is 4.67. The monoisotopic (exact) mass is 405 g/mol. The largest absolute Gasteiger partial charge is 0.393 e. The van der Waals surface area contributed by atoms with Crippen molar-refractivity contribution in [2.45, 2.75) is 33.6 Å². The molecule has 0 spiro atoms. The van der Waals surface area contributed by atoms with Gasteiger partial charge in [-0.2, -0.15) is 0 Å². The van der Waals surface area contributed by atoms with Gasteiger partial charge in [0.1, 0.15) is 0 Å². The van der Waals surface area contributed by atoms with Crippen LogP contribution in [0.2, 0.25) is 0 Å². The van der Waals surface area contributed by atoms with E-state index >= 15 is 0 Å². The van der Waals surface area contributed by atoms with Gasteiger partial charge in [0.15, 0.2) is 0 Å². The third-order valence-corrected chi connectivity index (χ3v) is 6.68. The van der Waals surface area contributed by atoms with Gasteiger partial charge in [0.2, 0.25) is 0 Å². The fourth-order valence-electron chi connectivity index (χ4n) is 3.19. The van der Waals surface area contributed by atoms with E-state index in [-0.39, 0.29) is 0 Å². The van der Waals surface area contributed by atoms with Gasteiger partial charge in [0.05, 0.1) is 0 Å². The third kappa shape index (κ3) is 5.79. The second-order valence-corrected chi connectivity index (χ2v) is 9.17. The first-order valence-electron chi connectivity index (χ1n) is 10.5. The Morgan fingerprint density at radius 2 is 1.14 bits per heavy atom. The number of hydrogen-bond donors (Lipinski definition) is 0. The molecule has 0 aromatic heterocycles. The van der Waals surface area contributed by atoms with Crippen molar-refractivity contribution in [3.63, 3.8) is 0 Å². The second-order valence-electron chi connectivity index (χ2n) is 7.17. The van der Waals surface area contributed by atoms with E-state index in [1.54, 1.807) is 0 Å². The first-order valence-corrected chi connectivity index (χ1v) is 12.0. The number of para-hydroxylation sites is 1. The molecule has 0 unspecified atom stereocenters. The summed E-state index contributed by atoms with van der Waals surface area (Å²) in [4.78, 5) is 2.28. The molecule has 0 saturated heterocycles. The Morgan fingerprint density at radius 3 is 1.66 bits per heavy atom. The lowest BCUT2D eigenvalue weighted by Crippen LogP contribution is -2.37. The maximum Gasteiger partial charge on any atom is 0.355 e. The molecule has 3 rings (SSSR count). The number of nitrogens with zero attached hydrogens (tertiary/aromatic N) is 1. The summed E-state index contributed by atoms with van der Waals surface area (Å²) in [5.74, 6) is 0. The Kier molecular flexibility index (Phi) is 8.05. The molecule has 152 valence electrons. The summed E-state index contributed by atoms with van der Waals surface area (Å²) in [6.45, 7) is 7.88. The predicted molar refractivity (Wildman–Crippen MR) is 125 cm³/mol. The minimum atomic E-state index is -1.85. The van der Waals surface area contributed by atoms with Crippen molar-refractivity contribution in [1.82, 2.24) is 0 Å². The van der Waals surface area contributed by atoms with Crippen LogP contribution in [0.1, 0.15) is 32.3 Å². The summed E-state index contributed by atoms with van der Waals surface area (Å²) in [6, 6.07) is 27.8. The Hall–Kier alpha value is -2.40. The zero-order valence-corrected chi connectivity index (χ0v) is 18.8. The zero-order chi connectivity index (χ0) is 20.5. The van der Waals surface area contributed by atoms with Crippen LogP contribution < -0.4 is 10.1 Å². The Morgan fingerprint density at radius 1 is 0.655 bits per heavy atom. The van der Waals surface area contributed by atoms with Gasteiger partial charge >= 0.3 is 9.28 Å². The number of aryl methyl sites for hydroxylation is 1. The number of hydrogen-bond acceptors (Lipinski definition) is 3. The SMILES string of the molecule is CCCO[SiH](OCCC)c1ccc(N(c2ccccc2)c2ccc(C)cc2)cc1. The predicted octanol–water partition coefficient (Wildman–Crippen LogP) is 5.75. The van der Waals surface area contributed by atoms with E-state index in [1.165, 1.54) is 10.8 Å². The number of benzene rings is 3. The second kappa shape index (κ2) is 11.0. The number of rotatable bonds is 10. The minimum absolute atomic E-state index is 0.752. The van der Waals surface area contributed by atoms with Crippen LogP contribution in [0.4, 0.5) is 17.1 Å². The molecule has 0 aliphatic heterocycles. The van der Waals surface area contributed by atoms with Gasteiger partial charge in [-0.15, -0.1) is 0 Å². The van der Waals surface area contributed by atoms with Crippen LogP contribution in [0, 0.1) is 6.92 Å². The minimum Gasteiger partial charge on any atom is -0.393 e. The zero-order valence-electron chi connectivity index (χ0n) is 17.7. The molecule has 0 heterocycles. The standard InChI is InChI=1S/C25H31NO2Si/c1-4-19-27-29(28-20-5-2)25-17-15-24(16-18-25)26(22-9-7-6-8-10-22)23-13-11-21(3)12-14-23/h6-18,29H,4-5,19-20H2,1-3H3. The normalized spacial score (nSPS) is 11.0. The van der Waals surface area contributed by atoms with Crippen LogP contribution in [-0.4, -0.2) is 22.5 Å². The molecular weight excluding hydrogens is 374 g/mol. The van der Waals surface area contributed by atoms with E-state index in [1.807, 2.05) is 6.07 Å². The van der Waals surface area contributed by atoms with E-state index in [0.717, 1.165) is 43.1 Å². The summed E-state index contributed by atoms with van der Waals surface area (Å²) >= 11 is 0. The van der Waals surface area contributed by atoms with Crippen LogP contribution in [-0.2, 0) is 8.85 Å². The van der Waals surface area contributed by atoms with Crippen molar-refractivity contribution in [2.75, 3.05) is 18.1 Å². The molecule has 4 heteroatoms. The average Bonchev–Trinajstić information content (AvgIpc) is 2.77. The molecule has 0 radical (unpaired) electrons. The van der Waals surface area contributed by atoms with Gasteiger partial charge < -0.3 is 13.8 Å². The molecule has 0 bridgehead atoms. The highest BCUT2D eigenvalue weighted by Crippen LogP contribution is 2.33. The van der Waals surface area contributed by atoms with E-state index in [0.29, 0.717) is 0 Å². The van der Waals surface area contributed by atoms with Crippen molar-refractivity contribution in [1.29, 1.82) is 0 Å². The lowest BCUT2D eigenvalue weighted by atomic mass is 10.1. The van der Waals surface area contributed by atoms with Gasteiger partial charge in [0, 0.05) is 30.3 Å². The van der Waals surface area contributed by atoms with Crippen LogP contribution >= 0.6 is 0 Å². The number of anilines is 3.